The maximum atomic E-state index is 15.0. The lowest BCUT2D eigenvalue weighted by molar-refractivity contribution is 0.0497. The van der Waals surface area contributed by atoms with E-state index in [2.05, 4.69) is 5.32 Å². The van der Waals surface area contributed by atoms with Crippen molar-refractivity contribution in [3.8, 4) is 11.1 Å². The molecule has 4 rings (SSSR count). The first kappa shape index (κ1) is 28.5. The van der Waals surface area contributed by atoms with Crippen molar-refractivity contribution < 1.29 is 13.9 Å². The highest BCUT2D eigenvalue weighted by atomic mass is 19.1. The molecule has 0 bridgehead atoms. The molecule has 3 aromatic carbocycles. The van der Waals surface area contributed by atoms with E-state index in [4.69, 9.17) is 4.74 Å². The van der Waals surface area contributed by atoms with Crippen LogP contribution in [0.4, 0.5) is 9.18 Å². The van der Waals surface area contributed by atoms with Gasteiger partial charge in [0, 0.05) is 11.3 Å². The second-order valence-electron chi connectivity index (χ2n) is 10.8. The topological polar surface area (TPSA) is 82.3 Å². The number of hydrogen-bond acceptors (Lipinski definition) is 4. The number of ether oxygens (including phenoxy) is 1. The number of carbonyl (C=O) groups is 1. The van der Waals surface area contributed by atoms with Gasteiger partial charge in [0.1, 0.15) is 11.4 Å². The number of hydrogen-bond donors (Lipinski definition) is 1. The van der Waals surface area contributed by atoms with Crippen LogP contribution in [0.5, 0.6) is 0 Å². The van der Waals surface area contributed by atoms with Crippen molar-refractivity contribution in [2.24, 2.45) is 0 Å². The summed E-state index contributed by atoms with van der Waals surface area (Å²) >= 11 is 0. The van der Waals surface area contributed by atoms with Gasteiger partial charge in [-0.15, -0.1) is 0 Å². The van der Waals surface area contributed by atoms with Crippen molar-refractivity contribution in [1.29, 1.82) is 0 Å². The molecule has 4 aromatic rings. The SMILES string of the molecule is Cc1ccccc1Cn1c(C)c(-c2ccccc2F)c(=O)n(CC(NC(=O)OC(C)(C)C)c2ccccc2)c1=O. The lowest BCUT2D eigenvalue weighted by atomic mass is 10.0. The number of halogens is 1. The Morgan fingerprint density at radius 3 is 2.17 bits per heavy atom. The van der Waals surface area contributed by atoms with E-state index in [-0.39, 0.29) is 24.2 Å². The third kappa shape index (κ3) is 6.39. The Morgan fingerprint density at radius 2 is 1.52 bits per heavy atom. The summed E-state index contributed by atoms with van der Waals surface area (Å²) in [5.74, 6) is -0.568. The Kier molecular flexibility index (Phi) is 8.38. The molecule has 1 amide bonds. The zero-order chi connectivity index (χ0) is 29.0. The predicted molar refractivity (Wildman–Crippen MR) is 154 cm³/mol. The molecule has 1 heterocycles. The van der Waals surface area contributed by atoms with Crippen LogP contribution in [0, 0.1) is 19.7 Å². The van der Waals surface area contributed by atoms with Crippen LogP contribution in [0.3, 0.4) is 0 Å². The van der Waals surface area contributed by atoms with Crippen molar-refractivity contribution in [2.45, 2.75) is 59.4 Å². The minimum absolute atomic E-state index is 0.0929. The Bertz CT molecular complexity index is 1630. The quantitative estimate of drug-likeness (QED) is 0.322. The molecule has 0 aliphatic heterocycles. The number of alkyl carbamates (subject to hydrolysis) is 1. The van der Waals surface area contributed by atoms with Gasteiger partial charge < -0.3 is 10.1 Å². The number of benzene rings is 3. The molecule has 0 saturated carbocycles. The average Bonchev–Trinajstić information content (AvgIpc) is 2.90. The molecule has 1 N–H and O–H groups in total. The summed E-state index contributed by atoms with van der Waals surface area (Å²) in [4.78, 5) is 40.7. The molecule has 40 heavy (non-hydrogen) atoms. The minimum atomic E-state index is -0.774. The highest BCUT2D eigenvalue weighted by molar-refractivity contribution is 5.68. The van der Waals surface area contributed by atoms with Crippen LogP contribution >= 0.6 is 0 Å². The highest BCUT2D eigenvalue weighted by Gasteiger charge is 2.25. The number of nitrogens with zero attached hydrogens (tertiary/aromatic N) is 2. The van der Waals surface area contributed by atoms with Crippen LogP contribution in [-0.2, 0) is 17.8 Å². The van der Waals surface area contributed by atoms with Crippen molar-refractivity contribution >= 4 is 6.09 Å². The van der Waals surface area contributed by atoms with Crippen LogP contribution < -0.4 is 16.6 Å². The second kappa shape index (κ2) is 11.7. The smallest absolute Gasteiger partial charge is 0.408 e. The normalized spacial score (nSPS) is 12.2. The summed E-state index contributed by atoms with van der Waals surface area (Å²) in [6.07, 6.45) is -0.684. The third-order valence-corrected chi connectivity index (χ3v) is 6.68. The van der Waals surface area contributed by atoms with Gasteiger partial charge in [-0.25, -0.2) is 14.0 Å². The molecule has 0 saturated heterocycles. The first-order valence-corrected chi connectivity index (χ1v) is 13.1. The lowest BCUT2D eigenvalue weighted by Crippen LogP contribution is -2.46. The molecule has 0 spiro atoms. The van der Waals surface area contributed by atoms with Crippen molar-refractivity contribution in [2.75, 3.05) is 0 Å². The van der Waals surface area contributed by atoms with E-state index in [0.29, 0.717) is 11.3 Å². The van der Waals surface area contributed by atoms with E-state index >= 15 is 4.39 Å². The van der Waals surface area contributed by atoms with Crippen LogP contribution in [0.2, 0.25) is 0 Å². The van der Waals surface area contributed by atoms with Gasteiger partial charge in [-0.1, -0.05) is 72.8 Å². The molecular weight excluding hydrogens is 509 g/mol. The Morgan fingerprint density at radius 1 is 0.900 bits per heavy atom. The van der Waals surface area contributed by atoms with Crippen LogP contribution in [-0.4, -0.2) is 20.8 Å². The summed E-state index contributed by atoms with van der Waals surface area (Å²) in [6, 6.07) is 21.9. The average molecular weight is 544 g/mol. The summed E-state index contributed by atoms with van der Waals surface area (Å²) < 4.78 is 23.1. The van der Waals surface area contributed by atoms with Crippen LogP contribution in [0.15, 0.2) is 88.5 Å². The van der Waals surface area contributed by atoms with Gasteiger partial charge in [0.2, 0.25) is 0 Å². The van der Waals surface area contributed by atoms with Gasteiger partial charge in [-0.3, -0.25) is 13.9 Å². The molecular formula is C32H34FN3O4. The molecule has 1 unspecified atom stereocenters. The van der Waals surface area contributed by atoms with E-state index in [9.17, 15) is 14.4 Å². The summed E-state index contributed by atoms with van der Waals surface area (Å²) in [5.41, 5.74) is 1.16. The molecule has 0 fully saturated rings. The highest BCUT2D eigenvalue weighted by Crippen LogP contribution is 2.24. The zero-order valence-electron chi connectivity index (χ0n) is 23.4. The zero-order valence-corrected chi connectivity index (χ0v) is 23.4. The molecule has 7 nitrogen and oxygen atoms in total. The predicted octanol–water partition coefficient (Wildman–Crippen LogP) is 5.75. The molecule has 1 atom stereocenters. The van der Waals surface area contributed by atoms with E-state index in [1.807, 2.05) is 37.3 Å². The van der Waals surface area contributed by atoms with Gasteiger partial charge in [-0.2, -0.15) is 0 Å². The largest absolute Gasteiger partial charge is 0.444 e. The number of aryl methyl sites for hydroxylation is 1. The van der Waals surface area contributed by atoms with Crippen LogP contribution in [0.25, 0.3) is 11.1 Å². The third-order valence-electron chi connectivity index (χ3n) is 6.68. The van der Waals surface area contributed by atoms with Crippen LogP contribution in [0.1, 0.15) is 49.2 Å². The lowest BCUT2D eigenvalue weighted by Gasteiger charge is -2.25. The molecule has 0 radical (unpaired) electrons. The van der Waals surface area contributed by atoms with E-state index in [1.165, 1.54) is 16.7 Å². The second-order valence-corrected chi connectivity index (χ2v) is 10.8. The standard InChI is InChI=1S/C32H34FN3O4/c1-21-13-9-10-16-24(21)19-35-22(2)28(25-17-11-12-18-26(25)33)29(37)36(31(35)39)20-27(23-14-7-6-8-15-23)34-30(38)40-32(3,4)5/h6-18,27H,19-20H2,1-5H3,(H,34,38). The fourth-order valence-electron chi connectivity index (χ4n) is 4.63. The van der Waals surface area contributed by atoms with Gasteiger partial charge in [0.15, 0.2) is 0 Å². The fraction of sp³-hybridized carbons (Fsp3) is 0.281. The Labute approximate surface area is 232 Å². The number of aromatic nitrogens is 2. The summed E-state index contributed by atoms with van der Waals surface area (Å²) in [7, 11) is 0. The van der Waals surface area contributed by atoms with Crippen molar-refractivity contribution in [3.05, 3.63) is 128 Å². The minimum Gasteiger partial charge on any atom is -0.444 e. The van der Waals surface area contributed by atoms with E-state index in [0.717, 1.165) is 15.7 Å². The van der Waals surface area contributed by atoms with Gasteiger partial charge in [-0.05, 0) is 57.4 Å². The van der Waals surface area contributed by atoms with Gasteiger partial charge in [0.25, 0.3) is 5.56 Å². The Balaban J connectivity index is 1.90. The van der Waals surface area contributed by atoms with Gasteiger partial charge in [0.05, 0.1) is 24.7 Å². The fourth-order valence-corrected chi connectivity index (χ4v) is 4.63. The molecule has 0 aliphatic rings. The maximum Gasteiger partial charge on any atom is 0.408 e. The number of rotatable bonds is 7. The van der Waals surface area contributed by atoms with Gasteiger partial charge >= 0.3 is 11.8 Å². The number of amides is 1. The van der Waals surface area contributed by atoms with Crippen molar-refractivity contribution in [3.63, 3.8) is 0 Å². The van der Waals surface area contributed by atoms with E-state index < -0.39 is 34.8 Å². The number of nitrogens with one attached hydrogen (secondary N) is 1. The summed E-state index contributed by atoms with van der Waals surface area (Å²) in [5, 5.41) is 2.81. The Hall–Kier alpha value is -4.46. The molecule has 208 valence electrons. The van der Waals surface area contributed by atoms with E-state index in [1.54, 1.807) is 64.1 Å². The monoisotopic (exact) mass is 543 g/mol. The molecule has 8 heteroatoms. The van der Waals surface area contributed by atoms with Crippen molar-refractivity contribution in [1.82, 2.24) is 14.5 Å². The first-order valence-electron chi connectivity index (χ1n) is 13.1. The number of carbonyl (C=O) groups excluding carboxylic acids is 1. The molecule has 0 aliphatic carbocycles. The molecule has 1 aromatic heterocycles. The first-order chi connectivity index (χ1) is 19.0. The maximum absolute atomic E-state index is 15.0. The summed E-state index contributed by atoms with van der Waals surface area (Å²) in [6.45, 7) is 8.85.